The van der Waals surface area contributed by atoms with Crippen LogP contribution in [0.4, 0.5) is 0 Å². The van der Waals surface area contributed by atoms with Crippen molar-refractivity contribution in [2.24, 2.45) is 0 Å². The molecule has 0 aliphatic carbocycles. The standard InChI is InChI=1S/C15H25N5O5/c1-9(14(24)18-7-12(22)16-3)19-15(25)11-5-4-6-20(11)13(23)8-17-10(2)21/h9,11H,4-8H2,1-3H3,(H,16,22)(H,17,21)(H,18,24)(H,19,25)/t9-,11-/m0/s1. The minimum atomic E-state index is -0.843. The zero-order valence-electron chi connectivity index (χ0n) is 14.7. The molecule has 0 radical (unpaired) electrons. The van der Waals surface area contributed by atoms with E-state index in [0.29, 0.717) is 19.4 Å². The molecule has 1 heterocycles. The Labute approximate surface area is 146 Å². The van der Waals surface area contributed by atoms with Crippen LogP contribution < -0.4 is 21.3 Å². The first-order valence-corrected chi connectivity index (χ1v) is 8.08. The molecular formula is C15H25N5O5. The van der Waals surface area contributed by atoms with Crippen LogP contribution >= 0.6 is 0 Å². The maximum absolute atomic E-state index is 12.4. The van der Waals surface area contributed by atoms with Gasteiger partial charge in [-0.25, -0.2) is 0 Å². The number of likely N-dealkylation sites (tertiary alicyclic amines) is 1. The molecule has 1 saturated heterocycles. The third-order valence-electron chi connectivity index (χ3n) is 3.82. The Bertz CT molecular complexity index is 550. The molecule has 0 aromatic carbocycles. The third-order valence-corrected chi connectivity index (χ3v) is 3.82. The van der Waals surface area contributed by atoms with E-state index < -0.39 is 23.9 Å². The molecule has 5 amide bonds. The van der Waals surface area contributed by atoms with Crippen molar-refractivity contribution < 1.29 is 24.0 Å². The maximum atomic E-state index is 12.4. The van der Waals surface area contributed by atoms with Crippen LogP contribution in [0.3, 0.4) is 0 Å². The summed E-state index contributed by atoms with van der Waals surface area (Å²) in [6.07, 6.45) is 1.16. The largest absolute Gasteiger partial charge is 0.358 e. The second-order valence-corrected chi connectivity index (χ2v) is 5.78. The van der Waals surface area contributed by atoms with Crippen molar-refractivity contribution >= 4 is 29.5 Å². The van der Waals surface area contributed by atoms with Gasteiger partial charge in [-0.15, -0.1) is 0 Å². The fourth-order valence-corrected chi connectivity index (χ4v) is 2.42. The number of hydrogen-bond acceptors (Lipinski definition) is 5. The topological polar surface area (TPSA) is 137 Å². The molecule has 0 aromatic rings. The molecule has 140 valence electrons. The van der Waals surface area contributed by atoms with Gasteiger partial charge in [0.15, 0.2) is 0 Å². The molecule has 0 bridgehead atoms. The molecule has 0 aromatic heterocycles. The van der Waals surface area contributed by atoms with Crippen molar-refractivity contribution in [1.82, 2.24) is 26.2 Å². The van der Waals surface area contributed by atoms with E-state index in [9.17, 15) is 24.0 Å². The van der Waals surface area contributed by atoms with Crippen LogP contribution in [0.1, 0.15) is 26.7 Å². The van der Waals surface area contributed by atoms with Gasteiger partial charge in [-0.3, -0.25) is 24.0 Å². The predicted molar refractivity (Wildman–Crippen MR) is 88.1 cm³/mol. The van der Waals surface area contributed by atoms with Crippen LogP contribution in [-0.4, -0.2) is 73.2 Å². The zero-order chi connectivity index (χ0) is 19.0. The normalized spacial score (nSPS) is 17.4. The minimum absolute atomic E-state index is 0.165. The van der Waals surface area contributed by atoms with E-state index in [0.717, 1.165) is 0 Å². The molecule has 10 heteroatoms. The first-order valence-electron chi connectivity index (χ1n) is 8.08. The number of hydrogen-bond donors (Lipinski definition) is 4. The van der Waals surface area contributed by atoms with Crippen LogP contribution in [0.5, 0.6) is 0 Å². The molecule has 2 atom stereocenters. The van der Waals surface area contributed by atoms with E-state index in [1.165, 1.54) is 25.8 Å². The number of amides is 5. The Morgan fingerprint density at radius 1 is 1.12 bits per heavy atom. The van der Waals surface area contributed by atoms with E-state index in [1.807, 2.05) is 0 Å². The summed E-state index contributed by atoms with van der Waals surface area (Å²) in [5.74, 6) is -1.95. The molecule has 1 aliphatic rings. The maximum Gasteiger partial charge on any atom is 0.243 e. The van der Waals surface area contributed by atoms with Crippen molar-refractivity contribution in [2.45, 2.75) is 38.8 Å². The molecule has 4 N–H and O–H groups in total. The van der Waals surface area contributed by atoms with Crippen molar-refractivity contribution in [3.05, 3.63) is 0 Å². The molecule has 0 spiro atoms. The summed E-state index contributed by atoms with van der Waals surface area (Å²) in [5, 5.41) is 9.73. The quantitative estimate of drug-likeness (QED) is 0.399. The van der Waals surface area contributed by atoms with E-state index >= 15 is 0 Å². The number of likely N-dealkylation sites (N-methyl/N-ethyl adjacent to an activating group) is 1. The van der Waals surface area contributed by atoms with Crippen LogP contribution in [0.2, 0.25) is 0 Å². The first-order chi connectivity index (χ1) is 11.8. The van der Waals surface area contributed by atoms with Gasteiger partial charge in [0.1, 0.15) is 12.1 Å². The van der Waals surface area contributed by atoms with Crippen molar-refractivity contribution in [3.8, 4) is 0 Å². The first kappa shape index (κ1) is 20.4. The highest BCUT2D eigenvalue weighted by Gasteiger charge is 2.34. The number of carbonyl (C=O) groups excluding carboxylic acids is 5. The summed E-state index contributed by atoms with van der Waals surface area (Å²) >= 11 is 0. The summed E-state index contributed by atoms with van der Waals surface area (Å²) in [6, 6.07) is -1.51. The van der Waals surface area contributed by atoms with Gasteiger partial charge in [0.2, 0.25) is 29.5 Å². The summed E-state index contributed by atoms with van der Waals surface area (Å²) in [5.41, 5.74) is 0. The Kier molecular flexibility index (Phi) is 7.83. The number of nitrogens with zero attached hydrogens (tertiary/aromatic N) is 1. The van der Waals surface area contributed by atoms with E-state index in [1.54, 1.807) is 0 Å². The number of nitrogens with one attached hydrogen (secondary N) is 4. The lowest BCUT2D eigenvalue weighted by Gasteiger charge is -2.25. The summed E-state index contributed by atoms with van der Waals surface area (Å²) in [6.45, 7) is 2.88. The van der Waals surface area contributed by atoms with Gasteiger partial charge >= 0.3 is 0 Å². The Balaban J connectivity index is 2.54. The van der Waals surface area contributed by atoms with Gasteiger partial charge in [0.25, 0.3) is 0 Å². The lowest BCUT2D eigenvalue weighted by atomic mass is 10.2. The molecule has 10 nitrogen and oxygen atoms in total. The van der Waals surface area contributed by atoms with Crippen LogP contribution in [0.15, 0.2) is 0 Å². The average Bonchev–Trinajstić information content (AvgIpc) is 3.06. The lowest BCUT2D eigenvalue weighted by molar-refractivity contribution is -0.139. The summed E-state index contributed by atoms with van der Waals surface area (Å²) < 4.78 is 0. The third kappa shape index (κ3) is 6.40. The monoisotopic (exact) mass is 355 g/mol. The molecular weight excluding hydrogens is 330 g/mol. The average molecular weight is 355 g/mol. The van der Waals surface area contributed by atoms with Gasteiger partial charge in [-0.05, 0) is 19.8 Å². The number of carbonyl (C=O) groups is 5. The zero-order valence-corrected chi connectivity index (χ0v) is 14.7. The smallest absolute Gasteiger partial charge is 0.243 e. The van der Waals surface area contributed by atoms with Crippen LogP contribution in [-0.2, 0) is 24.0 Å². The van der Waals surface area contributed by atoms with Crippen LogP contribution in [0, 0.1) is 0 Å². The van der Waals surface area contributed by atoms with Gasteiger partial charge < -0.3 is 26.2 Å². The predicted octanol–water partition coefficient (Wildman–Crippen LogP) is -2.52. The molecule has 25 heavy (non-hydrogen) atoms. The SMILES string of the molecule is CNC(=O)CNC(=O)[C@H](C)NC(=O)[C@@H]1CCCN1C(=O)CNC(C)=O. The highest BCUT2D eigenvalue weighted by Crippen LogP contribution is 2.17. The van der Waals surface area contributed by atoms with Crippen LogP contribution in [0.25, 0.3) is 0 Å². The molecule has 1 rings (SSSR count). The summed E-state index contributed by atoms with van der Waals surface area (Å²) in [4.78, 5) is 59.7. The molecule has 0 saturated carbocycles. The second-order valence-electron chi connectivity index (χ2n) is 5.78. The van der Waals surface area contributed by atoms with E-state index in [4.69, 9.17) is 0 Å². The molecule has 0 unspecified atom stereocenters. The van der Waals surface area contributed by atoms with Gasteiger partial charge in [0, 0.05) is 20.5 Å². The van der Waals surface area contributed by atoms with Crippen molar-refractivity contribution in [3.63, 3.8) is 0 Å². The van der Waals surface area contributed by atoms with Crippen molar-refractivity contribution in [1.29, 1.82) is 0 Å². The highest BCUT2D eigenvalue weighted by molar-refractivity contribution is 5.94. The van der Waals surface area contributed by atoms with Gasteiger partial charge in [-0.1, -0.05) is 0 Å². The Morgan fingerprint density at radius 2 is 1.80 bits per heavy atom. The summed E-state index contributed by atoms with van der Waals surface area (Å²) in [7, 11) is 1.45. The highest BCUT2D eigenvalue weighted by atomic mass is 16.2. The lowest BCUT2D eigenvalue weighted by Crippen LogP contribution is -2.53. The minimum Gasteiger partial charge on any atom is -0.358 e. The van der Waals surface area contributed by atoms with E-state index in [-0.39, 0.29) is 30.8 Å². The Morgan fingerprint density at radius 3 is 2.40 bits per heavy atom. The number of rotatable bonds is 7. The fraction of sp³-hybridized carbons (Fsp3) is 0.667. The Hall–Kier alpha value is -2.65. The van der Waals surface area contributed by atoms with E-state index in [2.05, 4.69) is 21.3 Å². The van der Waals surface area contributed by atoms with Gasteiger partial charge in [-0.2, -0.15) is 0 Å². The fourth-order valence-electron chi connectivity index (χ4n) is 2.42. The van der Waals surface area contributed by atoms with Crippen molar-refractivity contribution in [2.75, 3.05) is 26.7 Å². The van der Waals surface area contributed by atoms with Gasteiger partial charge in [0.05, 0.1) is 13.1 Å². The second kappa shape index (κ2) is 9.60. The molecule has 1 fully saturated rings. The molecule has 1 aliphatic heterocycles.